The van der Waals surface area contributed by atoms with Gasteiger partial charge in [0.05, 0.1) is 5.75 Å². The normalized spacial score (nSPS) is 10.7. The number of hydrogen-bond donors (Lipinski definition) is 2. The lowest BCUT2D eigenvalue weighted by molar-refractivity contribution is -0.114. The maximum Gasteiger partial charge on any atom is 0.248 e. The molecule has 3 rings (SSSR count). The third kappa shape index (κ3) is 6.64. The Kier molecular flexibility index (Phi) is 7.46. The topological polar surface area (TPSA) is 58.2 Å². The van der Waals surface area contributed by atoms with Crippen molar-refractivity contribution in [3.63, 3.8) is 0 Å². The second-order valence-electron chi connectivity index (χ2n) is 6.91. The van der Waals surface area contributed by atoms with E-state index in [0.29, 0.717) is 11.4 Å². The number of rotatable bonds is 7. The molecule has 0 unspecified atom stereocenters. The molecule has 0 aliphatic rings. The van der Waals surface area contributed by atoms with E-state index in [1.807, 2.05) is 86.6 Å². The SMILES string of the molecule is Cc1ccc(NC(=O)CSc2ccc(NC(=O)/C=C/c3ccccc3)cc2)c(C)c1. The maximum atomic E-state index is 12.2. The third-order valence-electron chi connectivity index (χ3n) is 4.37. The Morgan fingerprint density at radius 3 is 2.33 bits per heavy atom. The lowest BCUT2D eigenvalue weighted by atomic mass is 10.1. The van der Waals surface area contributed by atoms with Crippen LogP contribution in [0.3, 0.4) is 0 Å². The Bertz CT molecular complexity index is 1040. The van der Waals surface area contributed by atoms with Crippen LogP contribution in [0.4, 0.5) is 11.4 Å². The predicted molar refractivity (Wildman–Crippen MR) is 126 cm³/mol. The summed E-state index contributed by atoms with van der Waals surface area (Å²) in [5, 5.41) is 5.78. The number of amides is 2. The number of anilines is 2. The van der Waals surface area contributed by atoms with E-state index in [0.717, 1.165) is 21.7 Å². The zero-order chi connectivity index (χ0) is 21.3. The van der Waals surface area contributed by atoms with E-state index in [1.54, 1.807) is 6.08 Å². The van der Waals surface area contributed by atoms with Gasteiger partial charge in [-0.3, -0.25) is 9.59 Å². The van der Waals surface area contributed by atoms with Gasteiger partial charge in [-0.15, -0.1) is 11.8 Å². The van der Waals surface area contributed by atoms with Crippen LogP contribution in [0.25, 0.3) is 6.08 Å². The fourth-order valence-corrected chi connectivity index (χ4v) is 3.54. The fraction of sp³-hybridized carbons (Fsp3) is 0.120. The highest BCUT2D eigenvalue weighted by Gasteiger charge is 2.06. The molecule has 0 atom stereocenters. The Hall–Kier alpha value is -3.31. The van der Waals surface area contributed by atoms with Crippen molar-refractivity contribution in [2.45, 2.75) is 18.7 Å². The van der Waals surface area contributed by atoms with Gasteiger partial charge in [-0.05, 0) is 61.4 Å². The maximum absolute atomic E-state index is 12.2. The molecule has 3 aromatic carbocycles. The third-order valence-corrected chi connectivity index (χ3v) is 5.39. The van der Waals surface area contributed by atoms with Crippen LogP contribution in [0.1, 0.15) is 16.7 Å². The minimum Gasteiger partial charge on any atom is -0.325 e. The van der Waals surface area contributed by atoms with Gasteiger partial charge in [0.1, 0.15) is 0 Å². The summed E-state index contributed by atoms with van der Waals surface area (Å²) in [6, 6.07) is 23.1. The van der Waals surface area contributed by atoms with Crippen LogP contribution in [0.2, 0.25) is 0 Å². The Morgan fingerprint density at radius 1 is 0.900 bits per heavy atom. The number of nitrogens with one attached hydrogen (secondary N) is 2. The van der Waals surface area contributed by atoms with Crippen molar-refractivity contribution in [3.8, 4) is 0 Å². The van der Waals surface area contributed by atoms with E-state index in [1.165, 1.54) is 23.4 Å². The summed E-state index contributed by atoms with van der Waals surface area (Å²) in [6.07, 6.45) is 3.28. The molecule has 0 aromatic heterocycles. The van der Waals surface area contributed by atoms with Crippen LogP contribution in [-0.2, 0) is 9.59 Å². The van der Waals surface area contributed by atoms with Crippen LogP contribution < -0.4 is 10.6 Å². The summed E-state index contributed by atoms with van der Waals surface area (Å²) in [5.74, 6) is 0.0845. The first-order chi connectivity index (χ1) is 14.5. The molecule has 0 saturated heterocycles. The number of aryl methyl sites for hydroxylation is 2. The standard InChI is InChI=1S/C25H24N2O2S/c1-18-8-14-23(19(2)16-18)27-25(29)17-30-22-12-10-21(11-13-22)26-24(28)15-9-20-6-4-3-5-7-20/h3-16H,17H2,1-2H3,(H,26,28)(H,27,29)/b15-9+. The molecule has 0 heterocycles. The highest BCUT2D eigenvalue weighted by Crippen LogP contribution is 2.22. The van der Waals surface area contributed by atoms with Crippen molar-refractivity contribution < 1.29 is 9.59 Å². The van der Waals surface area contributed by atoms with Gasteiger partial charge in [0.2, 0.25) is 11.8 Å². The molecule has 2 amide bonds. The summed E-state index contributed by atoms with van der Waals surface area (Å²) < 4.78 is 0. The van der Waals surface area contributed by atoms with Crippen molar-refractivity contribution in [2.75, 3.05) is 16.4 Å². The molecule has 152 valence electrons. The van der Waals surface area contributed by atoms with Gasteiger partial charge in [0.15, 0.2) is 0 Å². The second-order valence-corrected chi connectivity index (χ2v) is 7.96. The van der Waals surface area contributed by atoms with Crippen molar-refractivity contribution in [3.05, 3.63) is 95.6 Å². The van der Waals surface area contributed by atoms with Crippen molar-refractivity contribution in [2.24, 2.45) is 0 Å². The van der Waals surface area contributed by atoms with Gasteiger partial charge in [-0.1, -0.05) is 48.0 Å². The van der Waals surface area contributed by atoms with Crippen molar-refractivity contribution >= 4 is 41.0 Å². The van der Waals surface area contributed by atoms with Gasteiger partial charge in [0.25, 0.3) is 0 Å². The number of carbonyl (C=O) groups excluding carboxylic acids is 2. The number of benzene rings is 3. The quantitative estimate of drug-likeness (QED) is 0.384. The average molecular weight is 417 g/mol. The summed E-state index contributed by atoms with van der Waals surface area (Å²) in [7, 11) is 0. The molecular formula is C25H24N2O2S. The molecule has 0 aliphatic carbocycles. The zero-order valence-corrected chi connectivity index (χ0v) is 17.8. The lowest BCUT2D eigenvalue weighted by Gasteiger charge is -2.09. The smallest absolute Gasteiger partial charge is 0.248 e. The molecule has 0 spiro atoms. The van der Waals surface area contributed by atoms with Crippen LogP contribution in [0.5, 0.6) is 0 Å². The van der Waals surface area contributed by atoms with Crippen LogP contribution >= 0.6 is 11.8 Å². The van der Waals surface area contributed by atoms with Crippen LogP contribution in [0, 0.1) is 13.8 Å². The first-order valence-corrected chi connectivity index (χ1v) is 10.6. The van der Waals surface area contributed by atoms with Gasteiger partial charge in [-0.2, -0.15) is 0 Å². The molecule has 0 radical (unpaired) electrons. The van der Waals surface area contributed by atoms with E-state index < -0.39 is 0 Å². The first-order valence-electron chi connectivity index (χ1n) is 9.64. The van der Waals surface area contributed by atoms with E-state index >= 15 is 0 Å². The zero-order valence-electron chi connectivity index (χ0n) is 17.0. The van der Waals surface area contributed by atoms with Gasteiger partial charge in [-0.25, -0.2) is 0 Å². The summed E-state index contributed by atoms with van der Waals surface area (Å²) >= 11 is 1.45. The summed E-state index contributed by atoms with van der Waals surface area (Å²) in [4.78, 5) is 25.2. The van der Waals surface area contributed by atoms with Crippen molar-refractivity contribution in [1.29, 1.82) is 0 Å². The molecule has 4 nitrogen and oxygen atoms in total. The molecule has 5 heteroatoms. The average Bonchev–Trinajstić information content (AvgIpc) is 2.74. The first kappa shape index (κ1) is 21.4. The van der Waals surface area contributed by atoms with Crippen LogP contribution in [-0.4, -0.2) is 17.6 Å². The van der Waals surface area contributed by atoms with Gasteiger partial charge < -0.3 is 10.6 Å². The van der Waals surface area contributed by atoms with E-state index in [4.69, 9.17) is 0 Å². The van der Waals surface area contributed by atoms with E-state index in [-0.39, 0.29) is 11.8 Å². The minimum absolute atomic E-state index is 0.0459. The number of carbonyl (C=O) groups is 2. The minimum atomic E-state index is -0.188. The molecule has 0 fully saturated rings. The highest BCUT2D eigenvalue weighted by atomic mass is 32.2. The summed E-state index contributed by atoms with van der Waals surface area (Å²) in [5.41, 5.74) is 4.74. The highest BCUT2D eigenvalue weighted by molar-refractivity contribution is 8.00. The fourth-order valence-electron chi connectivity index (χ4n) is 2.84. The molecule has 0 bridgehead atoms. The number of thioether (sulfide) groups is 1. The molecular weight excluding hydrogens is 392 g/mol. The Balaban J connectivity index is 1.47. The molecule has 0 aliphatic heterocycles. The summed E-state index contributed by atoms with van der Waals surface area (Å²) in [6.45, 7) is 4.01. The Labute approximate surface area is 181 Å². The molecule has 30 heavy (non-hydrogen) atoms. The molecule has 2 N–H and O–H groups in total. The van der Waals surface area contributed by atoms with E-state index in [9.17, 15) is 9.59 Å². The van der Waals surface area contributed by atoms with E-state index in [2.05, 4.69) is 10.6 Å². The second kappa shape index (κ2) is 10.5. The van der Waals surface area contributed by atoms with Gasteiger partial charge in [0, 0.05) is 22.3 Å². The van der Waals surface area contributed by atoms with Crippen LogP contribution in [0.15, 0.2) is 83.8 Å². The monoisotopic (exact) mass is 416 g/mol. The molecule has 3 aromatic rings. The van der Waals surface area contributed by atoms with Gasteiger partial charge >= 0.3 is 0 Å². The lowest BCUT2D eigenvalue weighted by Crippen LogP contribution is -2.14. The molecule has 0 saturated carbocycles. The Morgan fingerprint density at radius 2 is 1.63 bits per heavy atom. The van der Waals surface area contributed by atoms with Crippen molar-refractivity contribution in [1.82, 2.24) is 0 Å². The largest absolute Gasteiger partial charge is 0.325 e. The predicted octanol–water partition coefficient (Wildman–Crippen LogP) is 5.69. The number of hydrogen-bond acceptors (Lipinski definition) is 3.